The van der Waals surface area contributed by atoms with E-state index in [0.29, 0.717) is 11.1 Å². The van der Waals surface area contributed by atoms with Crippen molar-refractivity contribution in [1.82, 2.24) is 14.5 Å². The molecule has 0 aromatic carbocycles. The molecular formula is C12H9ClIN3. The lowest BCUT2D eigenvalue weighted by molar-refractivity contribution is 0.568. The highest BCUT2D eigenvalue weighted by Crippen LogP contribution is 2.41. The number of hydrogen-bond acceptors (Lipinski definition) is 2. The molecule has 3 nitrogen and oxygen atoms in total. The minimum Gasteiger partial charge on any atom is -0.317 e. The van der Waals surface area contributed by atoms with E-state index in [4.69, 9.17) is 18.0 Å². The largest absolute Gasteiger partial charge is 0.317 e. The summed E-state index contributed by atoms with van der Waals surface area (Å²) in [4.78, 5) is 8.32. The molecule has 2 aromatic heterocycles. The third-order valence-electron chi connectivity index (χ3n) is 3.06. The smallest absolute Gasteiger partial charge is 0.147 e. The van der Waals surface area contributed by atoms with Crippen molar-refractivity contribution in [1.29, 1.82) is 0 Å². The molecule has 1 atom stereocenters. The Morgan fingerprint density at radius 3 is 2.94 bits per heavy atom. The molecule has 1 saturated carbocycles. The lowest BCUT2D eigenvalue weighted by Crippen LogP contribution is -2.08. The highest BCUT2D eigenvalue weighted by Gasteiger charge is 2.32. The van der Waals surface area contributed by atoms with E-state index in [-0.39, 0.29) is 6.04 Å². The molecule has 1 aliphatic carbocycles. The van der Waals surface area contributed by atoms with E-state index in [1.807, 2.05) is 6.20 Å². The van der Waals surface area contributed by atoms with Crippen molar-refractivity contribution in [3.8, 4) is 12.3 Å². The molecule has 1 aliphatic rings. The maximum absolute atomic E-state index is 6.10. The Morgan fingerprint density at radius 1 is 1.53 bits per heavy atom. The molecule has 17 heavy (non-hydrogen) atoms. The zero-order valence-corrected chi connectivity index (χ0v) is 11.8. The molecule has 2 aromatic rings. The van der Waals surface area contributed by atoms with Crippen LogP contribution in [0.25, 0.3) is 11.0 Å². The molecule has 2 heterocycles. The van der Waals surface area contributed by atoms with Crippen LogP contribution in [0.1, 0.15) is 18.9 Å². The summed E-state index contributed by atoms with van der Waals surface area (Å²) < 4.78 is 3.10. The first-order chi connectivity index (χ1) is 8.22. The summed E-state index contributed by atoms with van der Waals surface area (Å²) in [7, 11) is 0. The average molecular weight is 358 g/mol. The van der Waals surface area contributed by atoms with E-state index in [0.717, 1.165) is 14.6 Å². The van der Waals surface area contributed by atoms with Crippen LogP contribution < -0.4 is 0 Å². The van der Waals surface area contributed by atoms with Crippen LogP contribution in [0.3, 0.4) is 0 Å². The Labute approximate surface area is 118 Å². The fourth-order valence-electron chi connectivity index (χ4n) is 2.07. The minimum atomic E-state index is 0.0898. The van der Waals surface area contributed by atoms with Crippen molar-refractivity contribution in [3.05, 3.63) is 21.2 Å². The number of rotatable bonds is 2. The van der Waals surface area contributed by atoms with Crippen LogP contribution in [0.4, 0.5) is 0 Å². The summed E-state index contributed by atoms with van der Waals surface area (Å²) in [5.74, 6) is 3.44. The molecule has 1 unspecified atom stereocenters. The van der Waals surface area contributed by atoms with Crippen LogP contribution in [-0.2, 0) is 0 Å². The zero-order chi connectivity index (χ0) is 12.0. The normalized spacial score (nSPS) is 17.0. The molecule has 0 bridgehead atoms. The monoisotopic (exact) mass is 357 g/mol. The molecule has 86 valence electrons. The van der Waals surface area contributed by atoms with Gasteiger partial charge in [0.1, 0.15) is 17.1 Å². The van der Waals surface area contributed by atoms with Crippen molar-refractivity contribution < 1.29 is 0 Å². The molecule has 0 N–H and O–H groups in total. The van der Waals surface area contributed by atoms with E-state index in [9.17, 15) is 0 Å². The van der Waals surface area contributed by atoms with Gasteiger partial charge in [0.25, 0.3) is 0 Å². The van der Waals surface area contributed by atoms with Gasteiger partial charge < -0.3 is 4.57 Å². The van der Waals surface area contributed by atoms with E-state index < -0.39 is 0 Å². The van der Waals surface area contributed by atoms with Crippen LogP contribution in [0.2, 0.25) is 5.15 Å². The predicted octanol–water partition coefficient (Wildman–Crippen LogP) is 3.27. The van der Waals surface area contributed by atoms with Crippen molar-refractivity contribution in [3.63, 3.8) is 0 Å². The van der Waals surface area contributed by atoms with Gasteiger partial charge >= 0.3 is 0 Å². The van der Waals surface area contributed by atoms with Crippen LogP contribution in [0, 0.1) is 21.8 Å². The first-order valence-corrected chi connectivity index (χ1v) is 6.80. The highest BCUT2D eigenvalue weighted by molar-refractivity contribution is 14.1. The topological polar surface area (TPSA) is 30.7 Å². The molecule has 3 rings (SSSR count). The standard InChI is InChI=1S/C12H9ClIN3/c1-2-9(7-3-4-7)17-5-8(14)10-11(13)15-6-16-12(10)17/h1,5-7,9H,3-4H2. The molecule has 0 aliphatic heterocycles. The molecule has 0 amide bonds. The number of nitrogens with zero attached hydrogens (tertiary/aromatic N) is 3. The summed E-state index contributed by atoms with van der Waals surface area (Å²) >= 11 is 8.34. The van der Waals surface area contributed by atoms with Crippen molar-refractivity contribution in [2.24, 2.45) is 5.92 Å². The number of halogens is 2. The van der Waals surface area contributed by atoms with Gasteiger partial charge in [-0.1, -0.05) is 17.5 Å². The van der Waals surface area contributed by atoms with Crippen molar-refractivity contribution in [2.75, 3.05) is 0 Å². The van der Waals surface area contributed by atoms with Crippen LogP contribution >= 0.6 is 34.2 Å². The molecule has 0 saturated heterocycles. The molecule has 0 spiro atoms. The maximum Gasteiger partial charge on any atom is 0.147 e. The van der Waals surface area contributed by atoms with Gasteiger partial charge in [-0.25, -0.2) is 9.97 Å². The second-order valence-corrected chi connectivity index (χ2v) is 5.72. The second-order valence-electron chi connectivity index (χ2n) is 4.20. The highest BCUT2D eigenvalue weighted by atomic mass is 127. The molecule has 0 radical (unpaired) electrons. The molecule has 1 fully saturated rings. The Bertz CT molecular complexity index is 624. The fraction of sp³-hybridized carbons (Fsp3) is 0.333. The summed E-state index contributed by atoms with van der Waals surface area (Å²) in [6.07, 6.45) is 11.5. The van der Waals surface area contributed by atoms with Gasteiger partial charge in [0.2, 0.25) is 0 Å². The van der Waals surface area contributed by atoms with Crippen molar-refractivity contribution >= 4 is 45.2 Å². The lowest BCUT2D eigenvalue weighted by atomic mass is 10.2. The summed E-state index contributed by atoms with van der Waals surface area (Å²) in [5, 5.41) is 1.39. The second kappa shape index (κ2) is 4.14. The first kappa shape index (κ1) is 11.3. The Balaban J connectivity index is 2.24. The first-order valence-electron chi connectivity index (χ1n) is 5.35. The number of terminal acetylenes is 1. The van der Waals surface area contributed by atoms with Crippen LogP contribution in [0.5, 0.6) is 0 Å². The Kier molecular flexibility index (Phi) is 2.75. The fourth-order valence-corrected chi connectivity index (χ4v) is 3.26. The van der Waals surface area contributed by atoms with Gasteiger partial charge in [0.15, 0.2) is 0 Å². The van der Waals surface area contributed by atoms with E-state index in [1.54, 1.807) is 0 Å². The van der Waals surface area contributed by atoms with Crippen LogP contribution in [-0.4, -0.2) is 14.5 Å². The molecular weight excluding hydrogens is 349 g/mol. The summed E-state index contributed by atoms with van der Waals surface area (Å²) in [6.45, 7) is 0. The summed E-state index contributed by atoms with van der Waals surface area (Å²) in [6, 6.07) is 0.0898. The van der Waals surface area contributed by atoms with Gasteiger partial charge in [0.05, 0.1) is 11.4 Å². The number of hydrogen-bond donors (Lipinski definition) is 0. The van der Waals surface area contributed by atoms with Crippen molar-refractivity contribution in [2.45, 2.75) is 18.9 Å². The number of fused-ring (bicyclic) bond motifs is 1. The zero-order valence-electron chi connectivity index (χ0n) is 8.90. The van der Waals surface area contributed by atoms with Gasteiger partial charge in [-0.2, -0.15) is 0 Å². The lowest BCUT2D eigenvalue weighted by Gasteiger charge is -2.12. The van der Waals surface area contributed by atoms with E-state index in [1.165, 1.54) is 19.2 Å². The minimum absolute atomic E-state index is 0.0898. The SMILES string of the molecule is C#CC(C1CC1)n1cc(I)c2c(Cl)ncnc21. The van der Waals surface area contributed by atoms with E-state index >= 15 is 0 Å². The summed E-state index contributed by atoms with van der Waals surface area (Å²) in [5.41, 5.74) is 0.837. The third kappa shape index (κ3) is 1.81. The maximum atomic E-state index is 6.10. The van der Waals surface area contributed by atoms with Gasteiger partial charge in [-0.15, -0.1) is 6.42 Å². The Morgan fingerprint density at radius 2 is 2.29 bits per heavy atom. The third-order valence-corrected chi connectivity index (χ3v) is 4.16. The quantitative estimate of drug-likeness (QED) is 0.469. The van der Waals surface area contributed by atoms with E-state index in [2.05, 4.69) is 43.0 Å². The van der Waals surface area contributed by atoms with Crippen LogP contribution in [0.15, 0.2) is 12.5 Å². The number of aromatic nitrogens is 3. The average Bonchev–Trinajstić information content (AvgIpc) is 3.07. The van der Waals surface area contributed by atoms with Gasteiger partial charge in [-0.05, 0) is 41.4 Å². The predicted molar refractivity (Wildman–Crippen MR) is 75.8 cm³/mol. The Hall–Kier alpha value is -0.800. The molecule has 5 heteroatoms. The van der Waals surface area contributed by atoms with Gasteiger partial charge in [0, 0.05) is 9.77 Å². The van der Waals surface area contributed by atoms with Gasteiger partial charge in [-0.3, -0.25) is 0 Å².